The molecular formula is C18H22N4O. The van der Waals surface area contributed by atoms with E-state index in [1.165, 1.54) is 0 Å². The Hall–Kier alpha value is -2.40. The van der Waals surface area contributed by atoms with Crippen LogP contribution in [0.3, 0.4) is 0 Å². The Morgan fingerprint density at radius 3 is 2.70 bits per heavy atom. The number of nitrogens with one attached hydrogen (secondary N) is 2. The Kier molecular flexibility index (Phi) is 5.21. The third-order valence-corrected chi connectivity index (χ3v) is 4.01. The van der Waals surface area contributed by atoms with Gasteiger partial charge in [0.2, 0.25) is 5.91 Å². The minimum Gasteiger partial charge on any atom is -0.358 e. The average molecular weight is 310 g/mol. The normalized spacial score (nSPS) is 14.1. The monoisotopic (exact) mass is 310 g/mol. The number of pyridine rings is 1. The number of anilines is 1. The van der Waals surface area contributed by atoms with Gasteiger partial charge in [0.1, 0.15) is 0 Å². The molecule has 0 spiro atoms. The standard InChI is InChI=1S/C18H22N4O/c23-18(21-12-16-10-20-11-16)14-22(17-6-2-1-3-7-17)13-15-5-4-8-19-9-15/h1-9,16,20H,10-14H2,(H,21,23). The van der Waals surface area contributed by atoms with Crippen molar-refractivity contribution in [2.45, 2.75) is 6.54 Å². The highest BCUT2D eigenvalue weighted by Crippen LogP contribution is 2.16. The number of carbonyl (C=O) groups excluding carboxylic acids is 1. The topological polar surface area (TPSA) is 57.3 Å². The molecule has 0 saturated carbocycles. The van der Waals surface area contributed by atoms with Crippen LogP contribution in [0.5, 0.6) is 0 Å². The summed E-state index contributed by atoms with van der Waals surface area (Å²) in [6, 6.07) is 14.0. The second-order valence-electron chi connectivity index (χ2n) is 5.88. The van der Waals surface area contributed by atoms with E-state index in [0.29, 0.717) is 19.0 Å². The van der Waals surface area contributed by atoms with E-state index in [9.17, 15) is 4.79 Å². The van der Waals surface area contributed by atoms with E-state index in [1.807, 2.05) is 48.7 Å². The fourth-order valence-corrected chi connectivity index (χ4v) is 2.57. The van der Waals surface area contributed by atoms with Crippen molar-refractivity contribution in [3.63, 3.8) is 0 Å². The van der Waals surface area contributed by atoms with Crippen molar-refractivity contribution < 1.29 is 4.79 Å². The lowest BCUT2D eigenvalue weighted by molar-refractivity contribution is -0.120. The smallest absolute Gasteiger partial charge is 0.239 e. The number of para-hydroxylation sites is 1. The molecule has 1 aliphatic rings. The molecule has 2 heterocycles. The molecule has 0 bridgehead atoms. The van der Waals surface area contributed by atoms with Crippen LogP contribution < -0.4 is 15.5 Å². The largest absolute Gasteiger partial charge is 0.358 e. The van der Waals surface area contributed by atoms with E-state index in [4.69, 9.17) is 0 Å². The molecule has 1 aliphatic heterocycles. The Morgan fingerprint density at radius 1 is 1.22 bits per heavy atom. The van der Waals surface area contributed by atoms with Gasteiger partial charge >= 0.3 is 0 Å². The number of rotatable bonds is 7. The zero-order valence-electron chi connectivity index (χ0n) is 13.1. The first-order valence-corrected chi connectivity index (χ1v) is 7.97. The maximum absolute atomic E-state index is 12.3. The zero-order chi connectivity index (χ0) is 15.9. The molecule has 1 aromatic heterocycles. The van der Waals surface area contributed by atoms with E-state index in [1.54, 1.807) is 6.20 Å². The fraction of sp³-hybridized carbons (Fsp3) is 0.333. The molecule has 5 heteroatoms. The number of hydrogen-bond acceptors (Lipinski definition) is 4. The third-order valence-electron chi connectivity index (χ3n) is 4.01. The van der Waals surface area contributed by atoms with Crippen molar-refractivity contribution in [1.82, 2.24) is 15.6 Å². The highest BCUT2D eigenvalue weighted by molar-refractivity contribution is 5.81. The maximum atomic E-state index is 12.3. The molecule has 0 radical (unpaired) electrons. The van der Waals surface area contributed by atoms with Crippen molar-refractivity contribution in [2.75, 3.05) is 31.1 Å². The first-order valence-electron chi connectivity index (χ1n) is 7.97. The van der Waals surface area contributed by atoms with Crippen LogP contribution in [-0.4, -0.2) is 37.1 Å². The maximum Gasteiger partial charge on any atom is 0.239 e. The SMILES string of the molecule is O=C(CN(Cc1cccnc1)c1ccccc1)NCC1CNC1. The summed E-state index contributed by atoms with van der Waals surface area (Å²) < 4.78 is 0. The number of aromatic nitrogens is 1. The highest BCUT2D eigenvalue weighted by atomic mass is 16.2. The van der Waals surface area contributed by atoms with Crippen molar-refractivity contribution in [1.29, 1.82) is 0 Å². The van der Waals surface area contributed by atoms with Crippen molar-refractivity contribution >= 4 is 11.6 Å². The first-order chi connectivity index (χ1) is 11.3. The second-order valence-corrected chi connectivity index (χ2v) is 5.88. The predicted molar refractivity (Wildman–Crippen MR) is 91.1 cm³/mol. The summed E-state index contributed by atoms with van der Waals surface area (Å²) in [6.45, 7) is 3.76. The van der Waals surface area contributed by atoms with E-state index < -0.39 is 0 Å². The fourth-order valence-electron chi connectivity index (χ4n) is 2.57. The lowest BCUT2D eigenvalue weighted by Gasteiger charge is -2.28. The van der Waals surface area contributed by atoms with E-state index in [0.717, 1.165) is 30.9 Å². The lowest BCUT2D eigenvalue weighted by atomic mass is 10.0. The van der Waals surface area contributed by atoms with Gasteiger partial charge in [-0.25, -0.2) is 0 Å². The summed E-state index contributed by atoms with van der Waals surface area (Å²) in [5.41, 5.74) is 2.13. The second kappa shape index (κ2) is 7.74. The van der Waals surface area contributed by atoms with Gasteiger partial charge < -0.3 is 15.5 Å². The molecular weight excluding hydrogens is 288 g/mol. The quantitative estimate of drug-likeness (QED) is 0.812. The van der Waals surface area contributed by atoms with Gasteiger partial charge in [-0.15, -0.1) is 0 Å². The summed E-state index contributed by atoms with van der Waals surface area (Å²) in [7, 11) is 0. The summed E-state index contributed by atoms with van der Waals surface area (Å²) in [5.74, 6) is 0.632. The molecule has 0 atom stereocenters. The summed E-state index contributed by atoms with van der Waals surface area (Å²) >= 11 is 0. The van der Waals surface area contributed by atoms with E-state index in [-0.39, 0.29) is 5.91 Å². The zero-order valence-corrected chi connectivity index (χ0v) is 13.1. The molecule has 23 heavy (non-hydrogen) atoms. The number of amides is 1. The molecule has 0 unspecified atom stereocenters. The molecule has 1 fully saturated rings. The van der Waals surface area contributed by atoms with Gasteiger partial charge in [0.15, 0.2) is 0 Å². The molecule has 3 rings (SSSR count). The van der Waals surface area contributed by atoms with Gasteiger partial charge in [-0.3, -0.25) is 9.78 Å². The minimum atomic E-state index is 0.0599. The van der Waals surface area contributed by atoms with Crippen LogP contribution in [0.25, 0.3) is 0 Å². The van der Waals surface area contributed by atoms with Crippen molar-refractivity contribution in [2.24, 2.45) is 5.92 Å². The van der Waals surface area contributed by atoms with E-state index in [2.05, 4.69) is 20.5 Å². The summed E-state index contributed by atoms with van der Waals surface area (Å²) in [4.78, 5) is 18.5. The van der Waals surface area contributed by atoms with Crippen LogP contribution >= 0.6 is 0 Å². The molecule has 0 aliphatic carbocycles. The summed E-state index contributed by atoms with van der Waals surface area (Å²) in [6.07, 6.45) is 3.60. The van der Waals surface area contributed by atoms with Gasteiger partial charge in [0.05, 0.1) is 6.54 Å². The molecule has 1 saturated heterocycles. The van der Waals surface area contributed by atoms with Gasteiger partial charge in [-0.05, 0) is 23.8 Å². The minimum absolute atomic E-state index is 0.0599. The van der Waals surface area contributed by atoms with Crippen LogP contribution in [0.15, 0.2) is 54.9 Å². The molecule has 1 amide bonds. The Bertz CT molecular complexity index is 613. The average Bonchev–Trinajstić information content (AvgIpc) is 2.55. The van der Waals surface area contributed by atoms with Gasteiger partial charge in [0, 0.05) is 50.2 Å². The highest BCUT2D eigenvalue weighted by Gasteiger charge is 2.18. The van der Waals surface area contributed by atoms with Crippen molar-refractivity contribution in [3.8, 4) is 0 Å². The molecule has 2 aromatic rings. The van der Waals surface area contributed by atoms with Crippen LogP contribution in [0.2, 0.25) is 0 Å². The molecule has 1 aromatic carbocycles. The Labute approximate surface area is 136 Å². The Morgan fingerprint density at radius 2 is 2.04 bits per heavy atom. The van der Waals surface area contributed by atoms with E-state index >= 15 is 0 Å². The van der Waals surface area contributed by atoms with Crippen LogP contribution in [0.4, 0.5) is 5.69 Å². The lowest BCUT2D eigenvalue weighted by Crippen LogP contribution is -2.49. The number of hydrogen-bond donors (Lipinski definition) is 2. The third kappa shape index (κ3) is 4.53. The van der Waals surface area contributed by atoms with Gasteiger partial charge in [-0.2, -0.15) is 0 Å². The van der Waals surface area contributed by atoms with Gasteiger partial charge in [-0.1, -0.05) is 24.3 Å². The predicted octanol–water partition coefficient (Wildman–Crippen LogP) is 1.42. The van der Waals surface area contributed by atoms with Crippen LogP contribution in [-0.2, 0) is 11.3 Å². The Balaban J connectivity index is 1.63. The molecule has 120 valence electrons. The summed E-state index contributed by atoms with van der Waals surface area (Å²) in [5, 5.41) is 6.25. The van der Waals surface area contributed by atoms with Crippen molar-refractivity contribution in [3.05, 3.63) is 60.4 Å². The van der Waals surface area contributed by atoms with Crippen LogP contribution in [0, 0.1) is 5.92 Å². The number of carbonyl (C=O) groups is 1. The van der Waals surface area contributed by atoms with Crippen LogP contribution in [0.1, 0.15) is 5.56 Å². The molecule has 5 nitrogen and oxygen atoms in total. The molecule has 2 N–H and O–H groups in total. The number of benzene rings is 1. The van der Waals surface area contributed by atoms with Gasteiger partial charge in [0.25, 0.3) is 0 Å². The number of nitrogens with zero attached hydrogens (tertiary/aromatic N) is 2. The first kappa shape index (κ1) is 15.5.